The van der Waals surface area contributed by atoms with Gasteiger partial charge in [-0.05, 0) is 37.2 Å². The molecule has 1 fully saturated rings. The van der Waals surface area contributed by atoms with Crippen molar-refractivity contribution in [2.24, 2.45) is 11.8 Å². The Bertz CT molecular complexity index is 423. The van der Waals surface area contributed by atoms with Gasteiger partial charge in [0.05, 0.1) is 12.3 Å². The van der Waals surface area contributed by atoms with Crippen molar-refractivity contribution in [2.75, 3.05) is 0 Å². The van der Waals surface area contributed by atoms with Gasteiger partial charge in [0.15, 0.2) is 5.75 Å². The second kappa shape index (κ2) is 5.38. The van der Waals surface area contributed by atoms with Gasteiger partial charge in [-0.15, -0.1) is 0 Å². The molecule has 0 aromatic carbocycles. The molecule has 0 amide bonds. The molecular formula is C14H19NO3. The van der Waals surface area contributed by atoms with Crippen molar-refractivity contribution >= 4 is 5.97 Å². The summed E-state index contributed by atoms with van der Waals surface area (Å²) in [6.07, 6.45) is 6.26. The minimum Gasteiger partial charge on any atom is -0.488 e. The zero-order chi connectivity index (χ0) is 13.1. The summed E-state index contributed by atoms with van der Waals surface area (Å²) >= 11 is 0. The molecule has 98 valence electrons. The van der Waals surface area contributed by atoms with Crippen LogP contribution in [-0.4, -0.2) is 22.2 Å². The van der Waals surface area contributed by atoms with Gasteiger partial charge in [0.2, 0.25) is 0 Å². The van der Waals surface area contributed by atoms with Crippen molar-refractivity contribution in [3.05, 3.63) is 24.0 Å². The number of hydrogen-bond acceptors (Lipinski definition) is 3. The number of carboxylic acids is 1. The lowest BCUT2D eigenvalue weighted by Gasteiger charge is -2.31. The van der Waals surface area contributed by atoms with Gasteiger partial charge in [0.1, 0.15) is 5.56 Å². The zero-order valence-electron chi connectivity index (χ0n) is 10.8. The van der Waals surface area contributed by atoms with Crippen LogP contribution in [0.5, 0.6) is 5.75 Å². The van der Waals surface area contributed by atoms with E-state index in [0.717, 1.165) is 12.8 Å². The predicted octanol–water partition coefficient (Wildman–Crippen LogP) is 2.98. The summed E-state index contributed by atoms with van der Waals surface area (Å²) < 4.78 is 5.85. The Morgan fingerprint density at radius 1 is 1.33 bits per heavy atom. The van der Waals surface area contributed by atoms with Crippen LogP contribution in [0.4, 0.5) is 0 Å². The first-order chi connectivity index (χ1) is 8.56. The van der Waals surface area contributed by atoms with E-state index in [1.54, 1.807) is 0 Å². The van der Waals surface area contributed by atoms with Gasteiger partial charge in [-0.2, -0.15) is 0 Å². The van der Waals surface area contributed by atoms with Gasteiger partial charge in [0, 0.05) is 6.20 Å². The number of rotatable bonds is 3. The molecule has 4 nitrogen and oxygen atoms in total. The van der Waals surface area contributed by atoms with Crippen LogP contribution in [0.15, 0.2) is 18.5 Å². The zero-order valence-corrected chi connectivity index (χ0v) is 10.8. The monoisotopic (exact) mass is 249 g/mol. The third-order valence-electron chi connectivity index (χ3n) is 3.44. The fraction of sp³-hybridized carbons (Fsp3) is 0.571. The Morgan fingerprint density at radius 3 is 2.61 bits per heavy atom. The summed E-state index contributed by atoms with van der Waals surface area (Å²) in [4.78, 5) is 15.0. The minimum absolute atomic E-state index is 0.103. The molecule has 1 aromatic heterocycles. The number of aromatic nitrogens is 1. The molecule has 4 heteroatoms. The van der Waals surface area contributed by atoms with Gasteiger partial charge in [0.25, 0.3) is 0 Å². The molecule has 0 aliphatic heterocycles. The summed E-state index contributed by atoms with van der Waals surface area (Å²) in [7, 11) is 0. The number of carbonyl (C=O) groups is 1. The van der Waals surface area contributed by atoms with Gasteiger partial charge < -0.3 is 9.84 Å². The average molecular weight is 249 g/mol. The van der Waals surface area contributed by atoms with Crippen molar-refractivity contribution in [3.8, 4) is 5.75 Å². The highest BCUT2D eigenvalue weighted by molar-refractivity contribution is 5.90. The smallest absolute Gasteiger partial charge is 0.339 e. The molecule has 0 saturated heterocycles. The van der Waals surface area contributed by atoms with Crippen LogP contribution in [-0.2, 0) is 0 Å². The largest absolute Gasteiger partial charge is 0.488 e. The SMILES string of the molecule is CC1CC(C)CC(Oc2cnccc2C(=O)O)C1. The summed E-state index contributed by atoms with van der Waals surface area (Å²) in [6, 6.07) is 1.48. The Balaban J connectivity index is 2.11. The lowest BCUT2D eigenvalue weighted by Crippen LogP contribution is -2.29. The first-order valence-electron chi connectivity index (χ1n) is 6.40. The molecule has 1 saturated carbocycles. The third-order valence-corrected chi connectivity index (χ3v) is 3.44. The van der Waals surface area contributed by atoms with Crippen molar-refractivity contribution in [2.45, 2.75) is 39.2 Å². The van der Waals surface area contributed by atoms with Crippen LogP contribution in [0.3, 0.4) is 0 Å². The standard InChI is InChI=1S/C14H19NO3/c1-9-5-10(2)7-11(6-9)18-13-8-15-4-3-12(13)14(16)17/h3-4,8-11H,5-7H2,1-2H3,(H,16,17). The van der Waals surface area contributed by atoms with Gasteiger partial charge in [-0.25, -0.2) is 4.79 Å². The van der Waals surface area contributed by atoms with Gasteiger partial charge in [-0.1, -0.05) is 13.8 Å². The summed E-state index contributed by atoms with van der Waals surface area (Å²) in [5, 5.41) is 9.09. The molecule has 18 heavy (non-hydrogen) atoms. The molecule has 2 rings (SSSR count). The molecule has 0 radical (unpaired) electrons. The van der Waals surface area contributed by atoms with Crippen molar-refractivity contribution < 1.29 is 14.6 Å². The Morgan fingerprint density at radius 2 is 2.00 bits per heavy atom. The molecule has 2 atom stereocenters. The topological polar surface area (TPSA) is 59.4 Å². The molecule has 1 aromatic rings. The summed E-state index contributed by atoms with van der Waals surface area (Å²) in [6.45, 7) is 4.43. The lowest BCUT2D eigenvalue weighted by molar-refractivity contribution is 0.0675. The lowest BCUT2D eigenvalue weighted by atomic mass is 9.82. The first kappa shape index (κ1) is 12.9. The summed E-state index contributed by atoms with van der Waals surface area (Å²) in [5.41, 5.74) is 0.191. The molecule has 1 N–H and O–H groups in total. The van der Waals surface area contributed by atoms with Crippen molar-refractivity contribution in [1.29, 1.82) is 0 Å². The van der Waals surface area contributed by atoms with E-state index in [9.17, 15) is 4.79 Å². The highest BCUT2D eigenvalue weighted by Crippen LogP contribution is 2.32. The molecular weight excluding hydrogens is 230 g/mol. The van der Waals surface area contributed by atoms with E-state index in [1.165, 1.54) is 24.9 Å². The van der Waals surface area contributed by atoms with Crippen LogP contribution in [0.2, 0.25) is 0 Å². The van der Waals surface area contributed by atoms with Crippen LogP contribution >= 0.6 is 0 Å². The minimum atomic E-state index is -0.968. The van der Waals surface area contributed by atoms with E-state index >= 15 is 0 Å². The average Bonchev–Trinajstić information content (AvgIpc) is 2.27. The number of hydrogen-bond donors (Lipinski definition) is 1. The molecule has 1 aliphatic rings. The van der Waals surface area contributed by atoms with Gasteiger partial charge >= 0.3 is 5.97 Å². The molecule has 2 unspecified atom stereocenters. The Kier molecular flexibility index (Phi) is 3.84. The second-order valence-electron chi connectivity index (χ2n) is 5.33. The Hall–Kier alpha value is -1.58. The number of aromatic carboxylic acids is 1. The molecule has 0 spiro atoms. The fourth-order valence-electron chi connectivity index (χ4n) is 2.80. The third kappa shape index (κ3) is 3.00. The summed E-state index contributed by atoms with van der Waals surface area (Å²) in [5.74, 6) is 0.674. The van der Waals surface area contributed by atoms with E-state index in [4.69, 9.17) is 9.84 Å². The van der Waals surface area contributed by atoms with Crippen LogP contribution in [0.25, 0.3) is 0 Å². The number of ether oxygens (including phenoxy) is 1. The normalized spacial score (nSPS) is 27.8. The van der Waals surface area contributed by atoms with Crippen LogP contribution in [0, 0.1) is 11.8 Å². The van der Waals surface area contributed by atoms with Crippen molar-refractivity contribution in [1.82, 2.24) is 4.98 Å². The highest BCUT2D eigenvalue weighted by Gasteiger charge is 2.26. The Labute approximate surface area is 107 Å². The molecule has 1 aliphatic carbocycles. The number of nitrogens with zero attached hydrogens (tertiary/aromatic N) is 1. The maximum atomic E-state index is 11.1. The van der Waals surface area contributed by atoms with E-state index in [1.807, 2.05) is 0 Å². The van der Waals surface area contributed by atoms with E-state index < -0.39 is 5.97 Å². The van der Waals surface area contributed by atoms with E-state index in [0.29, 0.717) is 17.6 Å². The van der Waals surface area contributed by atoms with E-state index in [2.05, 4.69) is 18.8 Å². The quantitative estimate of drug-likeness (QED) is 0.894. The van der Waals surface area contributed by atoms with Gasteiger partial charge in [-0.3, -0.25) is 4.98 Å². The first-order valence-corrected chi connectivity index (χ1v) is 6.40. The predicted molar refractivity (Wildman–Crippen MR) is 67.8 cm³/mol. The molecule has 0 bridgehead atoms. The van der Waals surface area contributed by atoms with Crippen LogP contribution in [0.1, 0.15) is 43.5 Å². The van der Waals surface area contributed by atoms with Crippen LogP contribution < -0.4 is 4.74 Å². The second-order valence-corrected chi connectivity index (χ2v) is 5.33. The van der Waals surface area contributed by atoms with E-state index in [-0.39, 0.29) is 11.7 Å². The molecule has 1 heterocycles. The highest BCUT2D eigenvalue weighted by atomic mass is 16.5. The number of pyridine rings is 1. The fourth-order valence-corrected chi connectivity index (χ4v) is 2.80. The van der Waals surface area contributed by atoms with Crippen molar-refractivity contribution in [3.63, 3.8) is 0 Å². The number of carboxylic acid groups (broad SMARTS) is 1. The maximum absolute atomic E-state index is 11.1. The maximum Gasteiger partial charge on any atom is 0.339 e.